The van der Waals surface area contributed by atoms with Crippen molar-refractivity contribution in [3.05, 3.63) is 42.4 Å². The van der Waals surface area contributed by atoms with Crippen LogP contribution in [0, 0.1) is 0 Å². The Hall–Kier alpha value is -2.68. The molecule has 0 fully saturated rings. The minimum atomic E-state index is -3.71. The van der Waals surface area contributed by atoms with Crippen LogP contribution in [0.2, 0.25) is 0 Å². The average Bonchev–Trinajstić information content (AvgIpc) is 3.12. The van der Waals surface area contributed by atoms with E-state index >= 15 is 0 Å². The van der Waals surface area contributed by atoms with Gasteiger partial charge in [0.25, 0.3) is 0 Å². The molecule has 3 rings (SSSR count). The van der Waals surface area contributed by atoms with Gasteiger partial charge in [-0.3, -0.25) is 9.10 Å². The van der Waals surface area contributed by atoms with Crippen molar-refractivity contribution in [2.75, 3.05) is 23.8 Å². The van der Waals surface area contributed by atoms with Crippen molar-refractivity contribution in [1.82, 2.24) is 5.32 Å². The summed E-state index contributed by atoms with van der Waals surface area (Å²) in [6, 6.07) is 7.26. The number of amides is 1. The number of carbonyl (C=O) groups is 1. The van der Waals surface area contributed by atoms with Gasteiger partial charge in [-0.05, 0) is 31.2 Å². The van der Waals surface area contributed by atoms with Gasteiger partial charge in [0.2, 0.25) is 15.9 Å². The van der Waals surface area contributed by atoms with Crippen LogP contribution in [0.4, 0.5) is 5.69 Å². The maximum absolute atomic E-state index is 12.5. The molecule has 1 amide bonds. The first-order valence-corrected chi connectivity index (χ1v) is 9.90. The smallest absolute Gasteiger partial charge is 0.243 e. The van der Waals surface area contributed by atoms with E-state index in [0.717, 1.165) is 10.6 Å². The molecule has 0 saturated carbocycles. The van der Waals surface area contributed by atoms with Gasteiger partial charge in [0.15, 0.2) is 11.5 Å². The van der Waals surface area contributed by atoms with E-state index < -0.39 is 22.0 Å². The average molecular weight is 380 g/mol. The highest BCUT2D eigenvalue weighted by Crippen LogP contribution is 2.35. The fourth-order valence-electron chi connectivity index (χ4n) is 2.71. The highest BCUT2D eigenvalue weighted by atomic mass is 32.2. The summed E-state index contributed by atoms with van der Waals surface area (Å²) in [5.74, 6) is 1.13. The van der Waals surface area contributed by atoms with E-state index in [9.17, 15) is 13.2 Å². The molecule has 1 N–H and O–H groups in total. The predicted octanol–water partition coefficient (Wildman–Crippen LogP) is 1.52. The first-order chi connectivity index (χ1) is 12.4. The predicted molar refractivity (Wildman–Crippen MR) is 94.8 cm³/mol. The second kappa shape index (κ2) is 7.28. The molecule has 9 heteroatoms. The molecule has 8 nitrogen and oxygen atoms in total. The Morgan fingerprint density at radius 3 is 2.62 bits per heavy atom. The number of fused-ring (bicyclic) bond motifs is 1. The molecule has 1 aliphatic rings. The van der Waals surface area contributed by atoms with Gasteiger partial charge in [-0.2, -0.15) is 0 Å². The molecule has 0 bridgehead atoms. The van der Waals surface area contributed by atoms with Crippen LogP contribution < -0.4 is 19.1 Å². The normalized spacial score (nSPS) is 14.5. The van der Waals surface area contributed by atoms with Crippen LogP contribution in [0.25, 0.3) is 0 Å². The largest absolute Gasteiger partial charge is 0.486 e. The van der Waals surface area contributed by atoms with Gasteiger partial charge < -0.3 is 19.2 Å². The summed E-state index contributed by atoms with van der Waals surface area (Å²) in [5, 5.41) is 2.67. The molecule has 2 heterocycles. The van der Waals surface area contributed by atoms with E-state index in [-0.39, 0.29) is 6.54 Å². The van der Waals surface area contributed by atoms with E-state index in [2.05, 4.69) is 5.32 Å². The Kier molecular flexibility index (Phi) is 5.08. The van der Waals surface area contributed by atoms with Crippen LogP contribution in [0.5, 0.6) is 11.5 Å². The molecule has 0 saturated heterocycles. The quantitative estimate of drug-likeness (QED) is 0.816. The number of hydrogen-bond donors (Lipinski definition) is 1. The minimum absolute atomic E-state index is 0.176. The molecule has 1 atom stereocenters. The van der Waals surface area contributed by atoms with Crippen LogP contribution in [0.3, 0.4) is 0 Å². The number of anilines is 1. The molecule has 1 aromatic heterocycles. The number of hydrogen-bond acceptors (Lipinski definition) is 6. The van der Waals surface area contributed by atoms with Crippen molar-refractivity contribution in [1.29, 1.82) is 0 Å². The fraction of sp³-hybridized carbons (Fsp3) is 0.353. The third-order valence-corrected chi connectivity index (χ3v) is 5.13. The van der Waals surface area contributed by atoms with Crippen molar-refractivity contribution in [3.8, 4) is 11.5 Å². The highest BCUT2D eigenvalue weighted by Gasteiger charge is 2.30. The summed E-state index contributed by atoms with van der Waals surface area (Å²) in [6.07, 6.45) is 2.56. The van der Waals surface area contributed by atoms with Crippen molar-refractivity contribution >= 4 is 21.6 Å². The third kappa shape index (κ3) is 3.93. The van der Waals surface area contributed by atoms with Crippen LogP contribution in [-0.2, 0) is 21.4 Å². The molecule has 1 aliphatic heterocycles. The lowest BCUT2D eigenvalue weighted by Crippen LogP contribution is -2.47. The summed E-state index contributed by atoms with van der Waals surface area (Å²) in [6.45, 7) is 2.52. The summed E-state index contributed by atoms with van der Waals surface area (Å²) in [5.41, 5.74) is 0.331. The van der Waals surface area contributed by atoms with Crippen molar-refractivity contribution in [2.24, 2.45) is 0 Å². The number of sulfonamides is 1. The van der Waals surface area contributed by atoms with Crippen molar-refractivity contribution < 1.29 is 27.1 Å². The van der Waals surface area contributed by atoms with Crippen LogP contribution in [0.1, 0.15) is 12.7 Å². The molecule has 26 heavy (non-hydrogen) atoms. The van der Waals surface area contributed by atoms with Gasteiger partial charge in [-0.15, -0.1) is 0 Å². The number of benzene rings is 1. The number of nitrogens with zero attached hydrogens (tertiary/aromatic N) is 1. The summed E-state index contributed by atoms with van der Waals surface area (Å²) >= 11 is 0. The van der Waals surface area contributed by atoms with Gasteiger partial charge in [0, 0.05) is 6.07 Å². The maximum atomic E-state index is 12.5. The van der Waals surface area contributed by atoms with Gasteiger partial charge in [-0.25, -0.2) is 8.42 Å². The standard InChI is InChI=1S/C17H20N2O6S/c1-12(17(20)18-11-14-4-3-7-23-14)19(26(2,21)22)13-5-6-15-16(10-13)25-9-8-24-15/h3-7,10,12H,8-9,11H2,1-2H3,(H,18,20)/t12-/m0/s1. The van der Waals surface area contributed by atoms with Crippen LogP contribution in [-0.4, -0.2) is 39.8 Å². The lowest BCUT2D eigenvalue weighted by Gasteiger charge is -2.29. The second-order valence-electron chi connectivity index (χ2n) is 5.86. The number of nitrogens with one attached hydrogen (secondary N) is 1. The molecule has 0 spiro atoms. The Balaban J connectivity index is 1.82. The number of carbonyl (C=O) groups excluding carboxylic acids is 1. The second-order valence-corrected chi connectivity index (χ2v) is 7.72. The minimum Gasteiger partial charge on any atom is -0.486 e. The Morgan fingerprint density at radius 1 is 1.23 bits per heavy atom. The summed E-state index contributed by atoms with van der Waals surface area (Å²) in [7, 11) is -3.71. The molecule has 0 unspecified atom stereocenters. The molecule has 140 valence electrons. The van der Waals surface area contributed by atoms with Gasteiger partial charge >= 0.3 is 0 Å². The molecular weight excluding hydrogens is 360 g/mol. The fourth-order valence-corrected chi connectivity index (χ4v) is 3.88. The Morgan fingerprint density at radius 2 is 1.96 bits per heavy atom. The maximum Gasteiger partial charge on any atom is 0.243 e. The summed E-state index contributed by atoms with van der Waals surface area (Å²) < 4.78 is 41.8. The van der Waals surface area contributed by atoms with Crippen LogP contribution in [0.15, 0.2) is 41.0 Å². The first-order valence-electron chi connectivity index (χ1n) is 8.05. The van der Waals surface area contributed by atoms with E-state index in [1.807, 2.05) is 0 Å². The number of rotatable bonds is 6. The van der Waals surface area contributed by atoms with E-state index in [0.29, 0.717) is 36.2 Å². The first kappa shape index (κ1) is 18.1. The SMILES string of the molecule is C[C@@H](C(=O)NCc1ccco1)N(c1ccc2c(c1)OCCO2)S(C)(=O)=O. The zero-order valence-electron chi connectivity index (χ0n) is 14.5. The lowest BCUT2D eigenvalue weighted by atomic mass is 10.2. The molecular formula is C17H20N2O6S. The lowest BCUT2D eigenvalue weighted by molar-refractivity contribution is -0.122. The van der Waals surface area contributed by atoms with E-state index in [1.54, 1.807) is 30.3 Å². The number of furan rings is 1. The third-order valence-electron chi connectivity index (χ3n) is 3.89. The Labute approximate surface area is 151 Å². The Bertz CT molecular complexity index is 879. The summed E-state index contributed by atoms with van der Waals surface area (Å²) in [4.78, 5) is 12.5. The van der Waals surface area contributed by atoms with Crippen LogP contribution >= 0.6 is 0 Å². The monoisotopic (exact) mass is 380 g/mol. The number of ether oxygens (including phenoxy) is 2. The van der Waals surface area contributed by atoms with Crippen molar-refractivity contribution in [2.45, 2.75) is 19.5 Å². The molecule has 2 aromatic rings. The van der Waals surface area contributed by atoms with E-state index in [1.165, 1.54) is 13.2 Å². The molecule has 0 radical (unpaired) electrons. The topological polar surface area (TPSA) is 98.1 Å². The zero-order chi connectivity index (χ0) is 18.7. The van der Waals surface area contributed by atoms with Gasteiger partial charge in [0.05, 0.1) is 24.8 Å². The molecule has 0 aliphatic carbocycles. The van der Waals surface area contributed by atoms with Gasteiger partial charge in [0.1, 0.15) is 25.0 Å². The van der Waals surface area contributed by atoms with E-state index in [4.69, 9.17) is 13.9 Å². The molecule has 1 aromatic carbocycles. The zero-order valence-corrected chi connectivity index (χ0v) is 15.3. The van der Waals surface area contributed by atoms with Gasteiger partial charge in [-0.1, -0.05) is 0 Å². The van der Waals surface area contributed by atoms with Crippen molar-refractivity contribution in [3.63, 3.8) is 0 Å². The highest BCUT2D eigenvalue weighted by molar-refractivity contribution is 7.92.